The number of benzene rings is 1. The lowest BCUT2D eigenvalue weighted by atomic mass is 9.86. The first kappa shape index (κ1) is 17.4. The van der Waals surface area contributed by atoms with Gasteiger partial charge in [0.25, 0.3) is 0 Å². The molecule has 114 valence electrons. The molecule has 1 aromatic carbocycles. The smallest absolute Gasteiger partial charge is 0.243 e. The highest BCUT2D eigenvalue weighted by molar-refractivity contribution is 7.89. The predicted molar refractivity (Wildman–Crippen MR) is 76.7 cm³/mol. The number of hydrogen-bond donors (Lipinski definition) is 2. The van der Waals surface area contributed by atoms with E-state index in [1.54, 1.807) is 0 Å². The van der Waals surface area contributed by atoms with Gasteiger partial charge >= 0.3 is 0 Å². The Morgan fingerprint density at radius 2 is 2.00 bits per heavy atom. The summed E-state index contributed by atoms with van der Waals surface area (Å²) in [6.45, 7) is 5.35. The van der Waals surface area contributed by atoms with Crippen LogP contribution in [0, 0.1) is 11.2 Å². The van der Waals surface area contributed by atoms with E-state index in [-0.39, 0.29) is 18.1 Å². The van der Waals surface area contributed by atoms with E-state index >= 15 is 0 Å². The van der Waals surface area contributed by atoms with Crippen LogP contribution >= 0.6 is 11.6 Å². The van der Waals surface area contributed by atoms with E-state index in [1.165, 1.54) is 12.1 Å². The predicted octanol–water partition coefficient (Wildman–Crippen LogP) is 2.55. The lowest BCUT2D eigenvalue weighted by Crippen LogP contribution is -2.44. The molecule has 0 saturated carbocycles. The Balaban J connectivity index is 3.14. The van der Waals surface area contributed by atoms with Crippen molar-refractivity contribution in [1.29, 1.82) is 0 Å². The number of sulfonamides is 1. The van der Waals surface area contributed by atoms with Gasteiger partial charge in [0.2, 0.25) is 10.0 Å². The topological polar surface area (TPSA) is 66.4 Å². The summed E-state index contributed by atoms with van der Waals surface area (Å²) in [4.78, 5) is -0.489. The molecule has 0 aliphatic carbocycles. The maximum Gasteiger partial charge on any atom is 0.243 e. The van der Waals surface area contributed by atoms with Gasteiger partial charge in [0.1, 0.15) is 4.90 Å². The zero-order valence-corrected chi connectivity index (χ0v) is 13.2. The Bertz CT molecular complexity index is 569. The molecule has 0 fully saturated rings. The van der Waals surface area contributed by atoms with Crippen molar-refractivity contribution in [3.05, 3.63) is 29.0 Å². The molecule has 20 heavy (non-hydrogen) atoms. The summed E-state index contributed by atoms with van der Waals surface area (Å²) >= 11 is 5.60. The van der Waals surface area contributed by atoms with Crippen molar-refractivity contribution >= 4 is 21.6 Å². The SMILES string of the molecule is CC(C)(C)C(CCO)NS(=O)(=O)c1cccc(Cl)c1F. The largest absolute Gasteiger partial charge is 0.396 e. The van der Waals surface area contributed by atoms with Crippen LogP contribution in [0.3, 0.4) is 0 Å². The first-order valence-electron chi connectivity index (χ1n) is 6.17. The Morgan fingerprint density at radius 3 is 2.50 bits per heavy atom. The van der Waals surface area contributed by atoms with E-state index in [0.29, 0.717) is 0 Å². The fraction of sp³-hybridized carbons (Fsp3) is 0.538. The Hall–Kier alpha value is -0.690. The van der Waals surface area contributed by atoms with Gasteiger partial charge < -0.3 is 5.11 Å². The highest BCUT2D eigenvalue weighted by atomic mass is 35.5. The van der Waals surface area contributed by atoms with Gasteiger partial charge in [0.05, 0.1) is 5.02 Å². The van der Waals surface area contributed by atoms with Gasteiger partial charge in [-0.2, -0.15) is 0 Å². The van der Waals surface area contributed by atoms with E-state index in [4.69, 9.17) is 16.7 Å². The van der Waals surface area contributed by atoms with Crippen LogP contribution in [0.15, 0.2) is 23.1 Å². The molecule has 0 aliphatic rings. The van der Waals surface area contributed by atoms with Gasteiger partial charge in [-0.3, -0.25) is 0 Å². The zero-order chi connectivity index (χ0) is 15.6. The van der Waals surface area contributed by atoms with Gasteiger partial charge in [0, 0.05) is 12.6 Å². The Kier molecular flexibility index (Phi) is 5.54. The van der Waals surface area contributed by atoms with Gasteiger partial charge in [-0.25, -0.2) is 17.5 Å². The van der Waals surface area contributed by atoms with Crippen molar-refractivity contribution in [2.24, 2.45) is 5.41 Å². The molecule has 4 nitrogen and oxygen atoms in total. The first-order valence-corrected chi connectivity index (χ1v) is 8.03. The van der Waals surface area contributed by atoms with Crippen molar-refractivity contribution in [3.63, 3.8) is 0 Å². The van der Waals surface area contributed by atoms with Crippen molar-refractivity contribution < 1.29 is 17.9 Å². The Labute approximate surface area is 124 Å². The second-order valence-electron chi connectivity index (χ2n) is 5.60. The first-order chi connectivity index (χ1) is 9.09. The summed E-state index contributed by atoms with van der Waals surface area (Å²) in [6, 6.07) is 3.29. The molecule has 0 aromatic heterocycles. The molecule has 0 saturated heterocycles. The maximum absolute atomic E-state index is 13.8. The average Bonchev–Trinajstić information content (AvgIpc) is 2.30. The molecular weight excluding hydrogens is 305 g/mol. The molecular formula is C13H19ClFNO3S. The van der Waals surface area contributed by atoms with Crippen LogP contribution < -0.4 is 4.72 Å². The lowest BCUT2D eigenvalue weighted by Gasteiger charge is -2.30. The standard InChI is InChI=1S/C13H19ClFNO3S/c1-13(2,3)11(7-8-17)16-20(18,19)10-6-4-5-9(14)12(10)15/h4-6,11,16-17H,7-8H2,1-3H3. The van der Waals surface area contributed by atoms with Gasteiger partial charge in [-0.1, -0.05) is 38.4 Å². The fourth-order valence-electron chi connectivity index (χ4n) is 1.74. The minimum Gasteiger partial charge on any atom is -0.396 e. The minimum absolute atomic E-state index is 0.164. The third-order valence-electron chi connectivity index (χ3n) is 2.97. The quantitative estimate of drug-likeness (QED) is 0.875. The van der Waals surface area contributed by atoms with Gasteiger partial charge in [-0.05, 0) is 24.0 Å². The molecule has 0 aliphatic heterocycles. The van der Waals surface area contributed by atoms with Crippen LogP contribution in [0.4, 0.5) is 4.39 Å². The molecule has 0 amide bonds. The molecule has 1 unspecified atom stereocenters. The van der Waals surface area contributed by atoms with Crippen LogP contribution in [-0.4, -0.2) is 26.2 Å². The summed E-state index contributed by atoms with van der Waals surface area (Å²) in [5.41, 5.74) is -0.412. The molecule has 1 atom stereocenters. The van der Waals surface area contributed by atoms with Crippen molar-refractivity contribution in [2.45, 2.75) is 38.1 Å². The van der Waals surface area contributed by atoms with Crippen LogP contribution in [0.5, 0.6) is 0 Å². The highest BCUT2D eigenvalue weighted by Gasteiger charge is 2.30. The number of nitrogens with one attached hydrogen (secondary N) is 1. The molecule has 7 heteroatoms. The Morgan fingerprint density at radius 1 is 1.40 bits per heavy atom. The fourth-order valence-corrected chi connectivity index (χ4v) is 3.55. The third kappa shape index (κ3) is 4.15. The van der Waals surface area contributed by atoms with E-state index < -0.39 is 32.2 Å². The van der Waals surface area contributed by atoms with Crippen molar-refractivity contribution in [2.75, 3.05) is 6.61 Å². The summed E-state index contributed by atoms with van der Waals surface area (Å²) in [5, 5.41) is 8.79. The number of aliphatic hydroxyl groups excluding tert-OH is 1. The number of hydrogen-bond acceptors (Lipinski definition) is 3. The number of halogens is 2. The second-order valence-corrected chi connectivity index (χ2v) is 7.69. The second kappa shape index (κ2) is 6.39. The molecule has 0 spiro atoms. The van der Waals surface area contributed by atoms with E-state index in [0.717, 1.165) is 6.07 Å². The van der Waals surface area contributed by atoms with Crippen LogP contribution in [0.25, 0.3) is 0 Å². The van der Waals surface area contributed by atoms with Gasteiger partial charge in [-0.15, -0.1) is 0 Å². The normalized spacial score (nSPS) is 14.3. The molecule has 1 aromatic rings. The van der Waals surface area contributed by atoms with Crippen molar-refractivity contribution in [3.8, 4) is 0 Å². The van der Waals surface area contributed by atoms with Crippen LogP contribution in [0.1, 0.15) is 27.2 Å². The summed E-state index contributed by atoms with van der Waals surface area (Å²) in [6.07, 6.45) is 0.241. The maximum atomic E-state index is 13.8. The third-order valence-corrected chi connectivity index (χ3v) is 4.75. The average molecular weight is 324 g/mol. The zero-order valence-electron chi connectivity index (χ0n) is 11.7. The number of aliphatic hydroxyl groups is 1. The summed E-state index contributed by atoms with van der Waals surface area (Å²) in [7, 11) is -4.04. The molecule has 0 radical (unpaired) electrons. The van der Waals surface area contributed by atoms with Crippen LogP contribution in [0.2, 0.25) is 5.02 Å². The summed E-state index contributed by atoms with van der Waals surface area (Å²) in [5.74, 6) is -0.974. The van der Waals surface area contributed by atoms with Crippen molar-refractivity contribution in [1.82, 2.24) is 4.72 Å². The van der Waals surface area contributed by atoms with E-state index in [1.807, 2.05) is 20.8 Å². The lowest BCUT2D eigenvalue weighted by molar-refractivity contribution is 0.214. The molecule has 2 N–H and O–H groups in total. The molecule has 0 heterocycles. The van der Waals surface area contributed by atoms with Crippen LogP contribution in [-0.2, 0) is 10.0 Å². The van der Waals surface area contributed by atoms with Gasteiger partial charge in [0.15, 0.2) is 5.82 Å². The monoisotopic (exact) mass is 323 g/mol. The molecule has 1 rings (SSSR count). The van der Waals surface area contributed by atoms with E-state index in [9.17, 15) is 12.8 Å². The molecule has 0 bridgehead atoms. The minimum atomic E-state index is -4.04. The highest BCUT2D eigenvalue weighted by Crippen LogP contribution is 2.26. The van der Waals surface area contributed by atoms with E-state index in [2.05, 4.69) is 4.72 Å². The number of rotatable bonds is 5. The summed E-state index contributed by atoms with van der Waals surface area (Å²) < 4.78 is 40.8.